The molecule has 5 nitrogen and oxygen atoms in total. The minimum Gasteiger partial charge on any atom is -0.444 e. The maximum Gasteiger partial charge on any atom is 0.408 e. The van der Waals surface area contributed by atoms with Crippen LogP contribution in [0.4, 0.5) is 10.5 Å². The number of nitrogens with one attached hydrogen (secondary N) is 2. The molecule has 0 aliphatic carbocycles. The molecule has 1 aliphatic heterocycles. The van der Waals surface area contributed by atoms with Crippen molar-refractivity contribution in [1.82, 2.24) is 10.6 Å². The summed E-state index contributed by atoms with van der Waals surface area (Å²) in [5.74, 6) is 0. The van der Waals surface area contributed by atoms with Crippen LogP contribution >= 0.6 is 0 Å². The molecule has 24 heavy (non-hydrogen) atoms. The van der Waals surface area contributed by atoms with Crippen molar-refractivity contribution in [3.8, 4) is 0 Å². The second kappa shape index (κ2) is 7.43. The van der Waals surface area contributed by atoms with E-state index < -0.39 is 5.60 Å². The van der Waals surface area contributed by atoms with Gasteiger partial charge in [-0.1, -0.05) is 18.2 Å². The Hall–Kier alpha value is -1.75. The lowest BCUT2D eigenvalue weighted by Crippen LogP contribution is -2.53. The van der Waals surface area contributed by atoms with Crippen molar-refractivity contribution in [2.75, 3.05) is 24.5 Å². The highest BCUT2D eigenvalue weighted by atomic mass is 16.6. The molecule has 2 rings (SSSR count). The van der Waals surface area contributed by atoms with E-state index >= 15 is 0 Å². The van der Waals surface area contributed by atoms with Crippen LogP contribution in [0.2, 0.25) is 0 Å². The Morgan fingerprint density at radius 1 is 1.21 bits per heavy atom. The van der Waals surface area contributed by atoms with Gasteiger partial charge in [-0.25, -0.2) is 4.79 Å². The first-order valence-corrected chi connectivity index (χ1v) is 8.69. The van der Waals surface area contributed by atoms with Gasteiger partial charge in [0, 0.05) is 31.4 Å². The van der Waals surface area contributed by atoms with Crippen molar-refractivity contribution in [2.45, 2.75) is 58.2 Å². The van der Waals surface area contributed by atoms with Crippen LogP contribution < -0.4 is 15.5 Å². The van der Waals surface area contributed by atoms with Crippen LogP contribution in [0.5, 0.6) is 0 Å². The Kier molecular flexibility index (Phi) is 5.75. The van der Waals surface area contributed by atoms with Gasteiger partial charge in [-0.15, -0.1) is 0 Å². The maximum atomic E-state index is 11.9. The molecule has 134 valence electrons. The minimum atomic E-state index is -0.477. The van der Waals surface area contributed by atoms with E-state index in [1.807, 2.05) is 40.7 Å². The number of hydrogen-bond acceptors (Lipinski definition) is 4. The van der Waals surface area contributed by atoms with Crippen molar-refractivity contribution >= 4 is 11.8 Å². The summed E-state index contributed by atoms with van der Waals surface area (Å²) in [6, 6.07) is 10.9. The number of hydrogen-bond donors (Lipinski definition) is 2. The Morgan fingerprint density at radius 3 is 2.50 bits per heavy atom. The molecule has 1 atom stereocenters. The molecular formula is C19H31N3O2. The lowest BCUT2D eigenvalue weighted by Gasteiger charge is -2.30. The number of nitrogens with zero attached hydrogens (tertiary/aromatic N) is 1. The van der Waals surface area contributed by atoms with Crippen LogP contribution in [0.15, 0.2) is 30.3 Å². The molecule has 1 heterocycles. The van der Waals surface area contributed by atoms with Crippen molar-refractivity contribution in [1.29, 1.82) is 0 Å². The molecule has 2 N–H and O–H groups in total. The van der Waals surface area contributed by atoms with Crippen LogP contribution in [-0.2, 0) is 4.74 Å². The smallest absolute Gasteiger partial charge is 0.408 e. The number of anilines is 1. The predicted octanol–water partition coefficient (Wildman–Crippen LogP) is 3.16. The molecule has 0 bridgehead atoms. The highest BCUT2D eigenvalue weighted by Crippen LogP contribution is 2.20. The maximum absolute atomic E-state index is 11.9. The van der Waals surface area contributed by atoms with Gasteiger partial charge >= 0.3 is 6.09 Å². The summed E-state index contributed by atoms with van der Waals surface area (Å²) in [5.41, 5.74) is 0.436. The summed E-state index contributed by atoms with van der Waals surface area (Å²) in [6.45, 7) is 12.4. The fraction of sp³-hybridized carbons (Fsp3) is 0.632. The van der Waals surface area contributed by atoms with Gasteiger partial charge < -0.3 is 20.3 Å². The molecule has 0 spiro atoms. The van der Waals surface area contributed by atoms with Gasteiger partial charge in [0.05, 0.1) is 5.54 Å². The molecule has 1 aromatic rings. The van der Waals surface area contributed by atoms with Crippen LogP contribution in [0.1, 0.15) is 41.0 Å². The summed E-state index contributed by atoms with van der Waals surface area (Å²) in [7, 11) is 0. The predicted molar refractivity (Wildman–Crippen MR) is 98.5 cm³/mol. The van der Waals surface area contributed by atoms with Crippen LogP contribution in [-0.4, -0.2) is 42.9 Å². The van der Waals surface area contributed by atoms with E-state index in [-0.39, 0.29) is 11.6 Å². The van der Waals surface area contributed by atoms with E-state index in [2.05, 4.69) is 39.8 Å². The number of alkyl carbamates (subject to hydrolysis) is 1. The van der Waals surface area contributed by atoms with E-state index in [1.54, 1.807) is 0 Å². The van der Waals surface area contributed by atoms with E-state index in [0.29, 0.717) is 12.6 Å². The summed E-state index contributed by atoms with van der Waals surface area (Å²) >= 11 is 0. The van der Waals surface area contributed by atoms with Crippen LogP contribution in [0.25, 0.3) is 0 Å². The standard InChI is InChI=1S/C19H31N3O2/c1-18(2,3)24-17(23)21-19(4,5)14-20-15-11-12-22(13-15)16-9-7-6-8-10-16/h6-10,15,20H,11-14H2,1-5H3,(H,21,23)/t15-/m0/s1. The van der Waals surface area contributed by atoms with Gasteiger partial charge in [-0.2, -0.15) is 0 Å². The largest absolute Gasteiger partial charge is 0.444 e. The normalized spacial score (nSPS) is 18.5. The Bertz CT molecular complexity index is 537. The number of rotatable bonds is 5. The van der Waals surface area contributed by atoms with E-state index in [9.17, 15) is 4.79 Å². The number of ether oxygens (including phenoxy) is 1. The lowest BCUT2D eigenvalue weighted by atomic mass is 10.1. The molecule has 0 aromatic heterocycles. The second-order valence-electron chi connectivity index (χ2n) is 8.16. The Balaban J connectivity index is 1.77. The molecule has 0 radical (unpaired) electrons. The summed E-state index contributed by atoms with van der Waals surface area (Å²) in [6.07, 6.45) is 0.740. The fourth-order valence-corrected chi connectivity index (χ4v) is 2.82. The van der Waals surface area contributed by atoms with Crippen molar-refractivity contribution in [2.24, 2.45) is 0 Å². The van der Waals surface area contributed by atoms with Crippen LogP contribution in [0, 0.1) is 0 Å². The fourth-order valence-electron chi connectivity index (χ4n) is 2.82. The molecule has 1 aliphatic rings. The van der Waals surface area contributed by atoms with Gasteiger partial charge in [-0.05, 0) is 53.2 Å². The molecule has 5 heteroatoms. The van der Waals surface area contributed by atoms with E-state index in [0.717, 1.165) is 19.5 Å². The first kappa shape index (κ1) is 18.6. The SMILES string of the molecule is CC(C)(CN[C@H]1CCN(c2ccccc2)C1)NC(=O)OC(C)(C)C. The second-order valence-corrected chi connectivity index (χ2v) is 8.16. The van der Waals surface area contributed by atoms with Crippen molar-refractivity contribution in [3.63, 3.8) is 0 Å². The highest BCUT2D eigenvalue weighted by Gasteiger charge is 2.27. The van der Waals surface area contributed by atoms with Gasteiger partial charge in [0.25, 0.3) is 0 Å². The van der Waals surface area contributed by atoms with Crippen molar-refractivity contribution < 1.29 is 9.53 Å². The molecule has 1 saturated heterocycles. The van der Waals surface area contributed by atoms with Crippen LogP contribution in [0.3, 0.4) is 0 Å². The topological polar surface area (TPSA) is 53.6 Å². The van der Waals surface area contributed by atoms with E-state index in [1.165, 1.54) is 5.69 Å². The van der Waals surface area contributed by atoms with E-state index in [4.69, 9.17) is 4.74 Å². The molecule has 1 fully saturated rings. The van der Waals surface area contributed by atoms with Crippen molar-refractivity contribution in [3.05, 3.63) is 30.3 Å². The monoisotopic (exact) mass is 333 g/mol. The minimum absolute atomic E-state index is 0.359. The molecule has 0 saturated carbocycles. The van der Waals surface area contributed by atoms with Gasteiger partial charge in [-0.3, -0.25) is 0 Å². The zero-order valence-corrected chi connectivity index (χ0v) is 15.6. The third-order valence-electron chi connectivity index (χ3n) is 3.98. The summed E-state index contributed by atoms with van der Waals surface area (Å²) < 4.78 is 5.33. The Labute approximate surface area is 145 Å². The van der Waals surface area contributed by atoms with Gasteiger partial charge in [0.2, 0.25) is 0 Å². The Morgan fingerprint density at radius 2 is 1.88 bits per heavy atom. The summed E-state index contributed by atoms with van der Waals surface area (Å²) in [4.78, 5) is 14.3. The molecular weight excluding hydrogens is 302 g/mol. The zero-order valence-electron chi connectivity index (χ0n) is 15.6. The average molecular weight is 333 g/mol. The number of amides is 1. The molecule has 1 aromatic carbocycles. The van der Waals surface area contributed by atoms with Gasteiger partial charge in [0.15, 0.2) is 0 Å². The first-order valence-electron chi connectivity index (χ1n) is 8.69. The highest BCUT2D eigenvalue weighted by molar-refractivity contribution is 5.68. The average Bonchev–Trinajstić information content (AvgIpc) is 2.92. The quantitative estimate of drug-likeness (QED) is 0.869. The first-order chi connectivity index (χ1) is 11.1. The lowest BCUT2D eigenvalue weighted by molar-refractivity contribution is 0.0471. The number of carbonyl (C=O) groups excluding carboxylic acids is 1. The zero-order chi connectivity index (χ0) is 17.8. The number of carbonyl (C=O) groups is 1. The third kappa shape index (κ3) is 6.04. The molecule has 1 amide bonds. The molecule has 0 unspecified atom stereocenters. The van der Waals surface area contributed by atoms with Gasteiger partial charge in [0.1, 0.15) is 5.60 Å². The number of para-hydroxylation sites is 1. The number of benzene rings is 1. The third-order valence-corrected chi connectivity index (χ3v) is 3.98. The summed E-state index contributed by atoms with van der Waals surface area (Å²) in [5, 5.41) is 6.52.